The maximum absolute atomic E-state index is 11.6. The molecule has 0 saturated heterocycles. The molecule has 0 aromatic carbocycles. The zero-order valence-electron chi connectivity index (χ0n) is 10.6. The summed E-state index contributed by atoms with van der Waals surface area (Å²) >= 11 is 1.28. The van der Waals surface area contributed by atoms with Crippen LogP contribution < -0.4 is 11.5 Å². The monoisotopic (exact) mass is 307 g/mol. The van der Waals surface area contributed by atoms with Gasteiger partial charge in [-0.3, -0.25) is 4.79 Å². The molecule has 8 nitrogen and oxygen atoms in total. The molecule has 0 aliphatic heterocycles. The van der Waals surface area contributed by atoms with Gasteiger partial charge >= 0.3 is 0 Å². The molecule has 10 heteroatoms. The Bertz CT molecular complexity index is 540. The van der Waals surface area contributed by atoms with E-state index >= 15 is 0 Å². The first kappa shape index (κ1) is 15.9. The smallest absolute Gasteiger partial charge is 0.218 e. The molecular formula is C9H17N5O3S2. The van der Waals surface area contributed by atoms with Gasteiger partial charge in [-0.15, -0.1) is 10.2 Å². The third-order valence-corrected chi connectivity index (χ3v) is 5.33. The van der Waals surface area contributed by atoms with E-state index in [-0.39, 0.29) is 24.5 Å². The van der Waals surface area contributed by atoms with Crippen molar-refractivity contribution in [2.24, 2.45) is 18.5 Å². The fourth-order valence-electron chi connectivity index (χ4n) is 1.27. The third kappa shape index (κ3) is 5.17. The van der Waals surface area contributed by atoms with Crippen molar-refractivity contribution >= 4 is 27.5 Å². The number of aromatic nitrogens is 3. The highest BCUT2D eigenvalue weighted by molar-refractivity contribution is 8.00. The van der Waals surface area contributed by atoms with E-state index in [4.69, 9.17) is 11.5 Å². The molecule has 1 aromatic heterocycles. The Hall–Kier alpha value is -1.13. The lowest BCUT2D eigenvalue weighted by Gasteiger charge is -2.03. The van der Waals surface area contributed by atoms with E-state index in [2.05, 4.69) is 10.2 Å². The van der Waals surface area contributed by atoms with Gasteiger partial charge in [0.05, 0.1) is 18.1 Å². The van der Waals surface area contributed by atoms with Gasteiger partial charge in [0.1, 0.15) is 5.82 Å². The number of carbonyl (C=O) groups is 1. The number of nitrogens with two attached hydrogens (primary N) is 2. The Morgan fingerprint density at radius 2 is 2.05 bits per heavy atom. The molecule has 19 heavy (non-hydrogen) atoms. The first-order valence-electron chi connectivity index (χ1n) is 5.55. The molecule has 1 rings (SSSR count). The lowest BCUT2D eigenvalue weighted by Crippen LogP contribution is -2.19. The van der Waals surface area contributed by atoms with E-state index in [1.165, 1.54) is 11.8 Å². The van der Waals surface area contributed by atoms with Gasteiger partial charge in [-0.2, -0.15) is 0 Å². The van der Waals surface area contributed by atoms with Gasteiger partial charge in [0.15, 0.2) is 15.0 Å². The Balaban J connectivity index is 2.45. The summed E-state index contributed by atoms with van der Waals surface area (Å²) in [6.07, 6.45) is -0.145. The fraction of sp³-hybridized carbons (Fsp3) is 0.667. The van der Waals surface area contributed by atoms with E-state index in [0.717, 1.165) is 0 Å². The van der Waals surface area contributed by atoms with Crippen LogP contribution in [0.5, 0.6) is 0 Å². The van der Waals surface area contributed by atoms with Gasteiger partial charge in [0, 0.05) is 19.2 Å². The van der Waals surface area contributed by atoms with Gasteiger partial charge in [-0.1, -0.05) is 11.8 Å². The van der Waals surface area contributed by atoms with Gasteiger partial charge in [-0.25, -0.2) is 8.42 Å². The van der Waals surface area contributed by atoms with Crippen molar-refractivity contribution in [2.75, 3.05) is 17.3 Å². The molecule has 0 atom stereocenters. The summed E-state index contributed by atoms with van der Waals surface area (Å²) < 4.78 is 24.9. The molecule has 0 saturated carbocycles. The largest absolute Gasteiger partial charge is 0.370 e. The summed E-state index contributed by atoms with van der Waals surface area (Å²) in [6, 6.07) is 0. The summed E-state index contributed by atoms with van der Waals surface area (Å²) in [5, 5.41) is 8.39. The quantitative estimate of drug-likeness (QED) is 0.567. The lowest BCUT2D eigenvalue weighted by atomic mass is 10.5. The second-order valence-corrected chi connectivity index (χ2v) is 7.24. The summed E-state index contributed by atoms with van der Waals surface area (Å²) in [5.41, 5.74) is 10.4. The molecule has 0 bridgehead atoms. The number of sulfone groups is 1. The summed E-state index contributed by atoms with van der Waals surface area (Å²) in [4.78, 5) is 10.5. The number of rotatable bonds is 8. The SMILES string of the molecule is Cn1c(CN)nnc1SCCS(=O)(=O)CCC(N)=O. The lowest BCUT2D eigenvalue weighted by molar-refractivity contribution is -0.117. The zero-order valence-corrected chi connectivity index (χ0v) is 12.2. The molecule has 108 valence electrons. The Morgan fingerprint density at radius 1 is 1.37 bits per heavy atom. The molecule has 1 aromatic rings. The second kappa shape index (κ2) is 6.87. The van der Waals surface area contributed by atoms with Crippen LogP contribution in [0.15, 0.2) is 5.16 Å². The Kier molecular flexibility index (Phi) is 5.76. The molecule has 0 unspecified atom stereocenters. The number of amides is 1. The Labute approximate surface area is 115 Å². The molecule has 0 spiro atoms. The molecule has 1 amide bonds. The maximum Gasteiger partial charge on any atom is 0.218 e. The summed E-state index contributed by atoms with van der Waals surface area (Å²) in [6.45, 7) is 0.279. The predicted molar refractivity (Wildman–Crippen MR) is 72.1 cm³/mol. The van der Waals surface area contributed by atoms with E-state index in [9.17, 15) is 13.2 Å². The van der Waals surface area contributed by atoms with E-state index in [1.807, 2.05) is 0 Å². The normalized spacial score (nSPS) is 11.7. The van der Waals surface area contributed by atoms with Crippen molar-refractivity contribution in [2.45, 2.75) is 18.1 Å². The molecular weight excluding hydrogens is 290 g/mol. The van der Waals surface area contributed by atoms with Gasteiger partial charge in [-0.05, 0) is 0 Å². The first-order valence-corrected chi connectivity index (χ1v) is 8.36. The van der Waals surface area contributed by atoms with E-state index in [0.29, 0.717) is 16.7 Å². The van der Waals surface area contributed by atoms with Gasteiger partial charge in [0.2, 0.25) is 5.91 Å². The van der Waals surface area contributed by atoms with Gasteiger partial charge < -0.3 is 16.0 Å². The number of carbonyl (C=O) groups excluding carboxylic acids is 1. The van der Waals surface area contributed by atoms with Crippen LogP contribution in [0, 0.1) is 0 Å². The number of nitrogens with zero attached hydrogens (tertiary/aromatic N) is 3. The van der Waals surface area contributed by atoms with Crippen LogP contribution in [0.2, 0.25) is 0 Å². The topological polar surface area (TPSA) is 134 Å². The molecule has 0 radical (unpaired) electrons. The summed E-state index contributed by atoms with van der Waals surface area (Å²) in [5.74, 6) is 0.125. The molecule has 1 heterocycles. The van der Waals surface area contributed by atoms with Crippen LogP contribution in [0.3, 0.4) is 0 Å². The molecule has 0 aliphatic carbocycles. The standard InChI is InChI=1S/C9H17N5O3S2/c1-14-8(6-10)12-13-9(14)18-3-5-19(16,17)4-2-7(11)15/h2-6,10H2,1H3,(H2,11,15). The second-order valence-electron chi connectivity index (χ2n) is 3.88. The number of hydrogen-bond acceptors (Lipinski definition) is 7. The van der Waals surface area contributed by atoms with E-state index in [1.54, 1.807) is 11.6 Å². The predicted octanol–water partition coefficient (Wildman–Crippen LogP) is -1.34. The van der Waals surface area contributed by atoms with Crippen LogP contribution >= 0.6 is 11.8 Å². The van der Waals surface area contributed by atoms with Crippen molar-refractivity contribution in [3.63, 3.8) is 0 Å². The number of thioether (sulfide) groups is 1. The Morgan fingerprint density at radius 3 is 2.58 bits per heavy atom. The van der Waals surface area contributed by atoms with Crippen LogP contribution in [0.4, 0.5) is 0 Å². The summed E-state index contributed by atoms with van der Waals surface area (Å²) in [7, 11) is -1.49. The van der Waals surface area contributed by atoms with Crippen LogP contribution in [0.1, 0.15) is 12.2 Å². The molecule has 4 N–H and O–H groups in total. The first-order chi connectivity index (χ1) is 8.85. The zero-order chi connectivity index (χ0) is 14.5. The fourth-order valence-corrected chi connectivity index (χ4v) is 3.91. The van der Waals surface area contributed by atoms with Crippen molar-refractivity contribution < 1.29 is 13.2 Å². The minimum absolute atomic E-state index is 0.0320. The number of primary amides is 1. The van der Waals surface area contributed by atoms with Gasteiger partial charge in [0.25, 0.3) is 0 Å². The highest BCUT2D eigenvalue weighted by Gasteiger charge is 2.14. The average Bonchev–Trinajstić information content (AvgIpc) is 2.68. The molecule has 0 aliphatic rings. The third-order valence-electron chi connectivity index (χ3n) is 2.39. The van der Waals surface area contributed by atoms with Crippen LogP contribution in [0.25, 0.3) is 0 Å². The minimum atomic E-state index is -3.26. The highest BCUT2D eigenvalue weighted by atomic mass is 32.2. The van der Waals surface area contributed by atoms with Crippen molar-refractivity contribution in [1.29, 1.82) is 0 Å². The van der Waals surface area contributed by atoms with Crippen molar-refractivity contribution in [3.8, 4) is 0 Å². The number of hydrogen-bond donors (Lipinski definition) is 2. The maximum atomic E-state index is 11.6. The molecule has 0 fully saturated rings. The van der Waals surface area contributed by atoms with Crippen molar-refractivity contribution in [3.05, 3.63) is 5.82 Å². The highest BCUT2D eigenvalue weighted by Crippen LogP contribution is 2.15. The van der Waals surface area contributed by atoms with Crippen LogP contribution in [-0.2, 0) is 28.2 Å². The minimum Gasteiger partial charge on any atom is -0.370 e. The average molecular weight is 307 g/mol. The van der Waals surface area contributed by atoms with Crippen molar-refractivity contribution in [1.82, 2.24) is 14.8 Å². The van der Waals surface area contributed by atoms with E-state index < -0.39 is 15.7 Å². The van der Waals surface area contributed by atoms with Crippen LogP contribution in [-0.4, -0.2) is 46.3 Å².